The number of hydrazone groups is 1. The van der Waals surface area contributed by atoms with Crippen LogP contribution >= 0.6 is 0 Å². The van der Waals surface area contributed by atoms with Gasteiger partial charge in [-0.1, -0.05) is 26.0 Å². The highest BCUT2D eigenvalue weighted by Gasteiger charge is 2.38. The molecule has 1 aromatic carbocycles. The molecule has 0 amide bonds. The zero-order valence-electron chi connectivity index (χ0n) is 14.8. The summed E-state index contributed by atoms with van der Waals surface area (Å²) >= 11 is 0. The Morgan fingerprint density at radius 3 is 2.69 bits per heavy atom. The molecule has 0 aromatic heterocycles. The number of allylic oxidation sites excluding steroid dienone is 2. The van der Waals surface area contributed by atoms with E-state index in [9.17, 15) is 18.5 Å². The first-order chi connectivity index (χ1) is 12.4. The second kappa shape index (κ2) is 7.16. The average Bonchev–Trinajstić information content (AvgIpc) is 2.96. The molecular formula is C17H22N4O4S. The van der Waals surface area contributed by atoms with Crippen LogP contribution in [-0.2, 0) is 10.0 Å². The summed E-state index contributed by atoms with van der Waals surface area (Å²) in [5.41, 5.74) is 3.83. The maximum Gasteiger partial charge on any atom is 0.270 e. The number of hydrogen-bond acceptors (Lipinski definition) is 6. The fourth-order valence-electron chi connectivity index (χ4n) is 3.43. The number of anilines is 1. The van der Waals surface area contributed by atoms with Crippen molar-refractivity contribution in [2.75, 3.05) is 18.5 Å². The largest absolute Gasteiger partial charge is 0.277 e. The molecule has 0 spiro atoms. The fourth-order valence-corrected chi connectivity index (χ4v) is 5.05. The van der Waals surface area contributed by atoms with Gasteiger partial charge in [-0.3, -0.25) is 15.5 Å². The van der Waals surface area contributed by atoms with Gasteiger partial charge in [-0.2, -0.15) is 9.41 Å². The van der Waals surface area contributed by atoms with Crippen molar-refractivity contribution >= 4 is 27.1 Å². The summed E-state index contributed by atoms with van der Waals surface area (Å²) in [5.74, 6) is 0.926. The minimum Gasteiger partial charge on any atom is -0.277 e. The Morgan fingerprint density at radius 2 is 2.08 bits per heavy atom. The molecular weight excluding hydrogens is 356 g/mol. The van der Waals surface area contributed by atoms with Gasteiger partial charge in [0.15, 0.2) is 0 Å². The van der Waals surface area contributed by atoms with Gasteiger partial charge in [-0.15, -0.1) is 0 Å². The molecule has 1 fully saturated rings. The first-order valence-electron chi connectivity index (χ1n) is 8.66. The van der Waals surface area contributed by atoms with Crippen LogP contribution in [-0.4, -0.2) is 36.4 Å². The van der Waals surface area contributed by atoms with Crippen LogP contribution in [0.3, 0.4) is 0 Å². The van der Waals surface area contributed by atoms with Crippen molar-refractivity contribution in [3.63, 3.8) is 0 Å². The molecule has 0 aliphatic heterocycles. The van der Waals surface area contributed by atoms with Gasteiger partial charge in [0.05, 0.1) is 10.6 Å². The maximum atomic E-state index is 12.9. The van der Waals surface area contributed by atoms with Crippen LogP contribution in [0.25, 0.3) is 0 Å². The third-order valence-electron chi connectivity index (χ3n) is 4.98. The van der Waals surface area contributed by atoms with Crippen molar-refractivity contribution in [2.45, 2.75) is 31.6 Å². The molecule has 0 bridgehead atoms. The maximum absolute atomic E-state index is 12.9. The van der Waals surface area contributed by atoms with Gasteiger partial charge < -0.3 is 0 Å². The van der Waals surface area contributed by atoms with Crippen LogP contribution in [0.2, 0.25) is 0 Å². The van der Waals surface area contributed by atoms with Crippen molar-refractivity contribution in [1.82, 2.24) is 4.31 Å². The van der Waals surface area contributed by atoms with E-state index in [0.29, 0.717) is 11.8 Å². The third-order valence-corrected chi connectivity index (χ3v) is 7.07. The Kier molecular flexibility index (Phi) is 5.10. The predicted molar refractivity (Wildman–Crippen MR) is 99.6 cm³/mol. The van der Waals surface area contributed by atoms with E-state index in [4.69, 9.17) is 0 Å². The van der Waals surface area contributed by atoms with Gasteiger partial charge in [-0.05, 0) is 24.8 Å². The number of hydrogen-bond donors (Lipinski definition) is 1. The highest BCUT2D eigenvalue weighted by molar-refractivity contribution is 7.89. The zero-order valence-corrected chi connectivity index (χ0v) is 15.6. The Bertz CT molecular complexity index is 875. The molecule has 1 aromatic rings. The SMILES string of the molecule is CCN(CC)S(=O)(=O)c1cc([N+](=O)[O-])ccc1N/N=C1\C[C@@H]2C=CC[C@H]12. The number of rotatable bonds is 7. The van der Waals surface area contributed by atoms with Crippen molar-refractivity contribution in [2.24, 2.45) is 16.9 Å². The standard InChI is InChI=1S/C17H22N4O4S/c1-3-20(4-2)26(24,25)17-11-13(21(22)23)8-9-15(17)18-19-16-10-12-6-5-7-14(12)16/h5-6,8-9,11-12,14,18H,3-4,7,10H2,1-2H3/b19-16+/t12-,14-/m0/s1. The van der Waals surface area contributed by atoms with Crippen LogP contribution in [0, 0.1) is 22.0 Å². The summed E-state index contributed by atoms with van der Waals surface area (Å²) in [6.07, 6.45) is 6.14. The van der Waals surface area contributed by atoms with Gasteiger partial charge in [0, 0.05) is 36.9 Å². The predicted octanol–water partition coefficient (Wildman–Crippen LogP) is 2.99. The van der Waals surface area contributed by atoms with E-state index in [0.717, 1.165) is 24.6 Å². The van der Waals surface area contributed by atoms with Crippen molar-refractivity contribution in [3.05, 3.63) is 40.5 Å². The van der Waals surface area contributed by atoms with E-state index in [1.54, 1.807) is 13.8 Å². The Labute approximate surface area is 152 Å². The molecule has 8 nitrogen and oxygen atoms in total. The molecule has 2 atom stereocenters. The van der Waals surface area contributed by atoms with E-state index < -0.39 is 14.9 Å². The number of nitrogens with zero attached hydrogens (tertiary/aromatic N) is 3. The van der Waals surface area contributed by atoms with E-state index in [2.05, 4.69) is 22.7 Å². The molecule has 0 saturated heterocycles. The van der Waals surface area contributed by atoms with Gasteiger partial charge in [-0.25, -0.2) is 8.42 Å². The molecule has 26 heavy (non-hydrogen) atoms. The van der Waals surface area contributed by atoms with E-state index >= 15 is 0 Å². The topological polar surface area (TPSA) is 105 Å². The molecule has 140 valence electrons. The number of fused-ring (bicyclic) bond motifs is 1. The lowest BCUT2D eigenvalue weighted by molar-refractivity contribution is -0.385. The van der Waals surface area contributed by atoms with Crippen molar-refractivity contribution in [1.29, 1.82) is 0 Å². The van der Waals surface area contributed by atoms with Gasteiger partial charge >= 0.3 is 0 Å². The Morgan fingerprint density at radius 1 is 1.35 bits per heavy atom. The zero-order chi connectivity index (χ0) is 18.9. The highest BCUT2D eigenvalue weighted by atomic mass is 32.2. The lowest BCUT2D eigenvalue weighted by atomic mass is 9.74. The number of nitro benzene ring substituents is 1. The van der Waals surface area contributed by atoms with Crippen LogP contribution in [0.4, 0.5) is 11.4 Å². The van der Waals surface area contributed by atoms with Gasteiger partial charge in [0.1, 0.15) is 4.90 Å². The van der Waals surface area contributed by atoms with E-state index in [-0.39, 0.29) is 29.4 Å². The highest BCUT2D eigenvalue weighted by Crippen LogP contribution is 2.40. The van der Waals surface area contributed by atoms with Crippen LogP contribution in [0.5, 0.6) is 0 Å². The molecule has 2 aliphatic carbocycles. The minimum absolute atomic E-state index is 0.125. The van der Waals surface area contributed by atoms with E-state index in [1.807, 2.05) is 0 Å². The molecule has 0 unspecified atom stereocenters. The smallest absolute Gasteiger partial charge is 0.270 e. The summed E-state index contributed by atoms with van der Waals surface area (Å²) < 4.78 is 27.1. The number of nitro groups is 1. The molecule has 0 heterocycles. The summed E-state index contributed by atoms with van der Waals surface area (Å²) in [6.45, 7) is 4.02. The molecule has 1 N–H and O–H groups in total. The quantitative estimate of drug-likeness (QED) is 0.446. The lowest BCUT2D eigenvalue weighted by Crippen LogP contribution is -2.34. The summed E-state index contributed by atoms with van der Waals surface area (Å²) in [5, 5.41) is 15.5. The lowest BCUT2D eigenvalue weighted by Gasteiger charge is -2.32. The number of non-ortho nitro benzene ring substituents is 1. The summed E-state index contributed by atoms with van der Waals surface area (Å²) in [4.78, 5) is 10.4. The Hall–Kier alpha value is -2.26. The number of sulfonamides is 1. The third kappa shape index (κ3) is 3.24. The normalized spacial score (nSPS) is 23.1. The minimum atomic E-state index is -3.86. The van der Waals surface area contributed by atoms with Gasteiger partial charge in [0.25, 0.3) is 5.69 Å². The Balaban J connectivity index is 1.94. The second-order valence-electron chi connectivity index (χ2n) is 6.38. The second-order valence-corrected chi connectivity index (χ2v) is 8.29. The van der Waals surface area contributed by atoms with Crippen molar-refractivity contribution < 1.29 is 13.3 Å². The van der Waals surface area contributed by atoms with Gasteiger partial charge in [0.2, 0.25) is 10.0 Å². The van der Waals surface area contributed by atoms with Crippen LogP contribution in [0.1, 0.15) is 26.7 Å². The average molecular weight is 378 g/mol. The number of benzene rings is 1. The van der Waals surface area contributed by atoms with E-state index in [1.165, 1.54) is 16.4 Å². The summed E-state index contributed by atoms with van der Waals surface area (Å²) in [6, 6.07) is 3.78. The van der Waals surface area contributed by atoms with Crippen LogP contribution in [0.15, 0.2) is 40.3 Å². The number of nitrogens with one attached hydrogen (secondary N) is 1. The molecule has 3 rings (SSSR count). The van der Waals surface area contributed by atoms with Crippen LogP contribution < -0.4 is 5.43 Å². The molecule has 0 radical (unpaired) electrons. The van der Waals surface area contributed by atoms with Crippen molar-refractivity contribution in [3.8, 4) is 0 Å². The fraction of sp³-hybridized carbons (Fsp3) is 0.471. The molecule has 1 saturated carbocycles. The summed E-state index contributed by atoms with van der Waals surface area (Å²) in [7, 11) is -3.86. The first kappa shape index (κ1) is 18.5. The molecule has 2 aliphatic rings. The first-order valence-corrected chi connectivity index (χ1v) is 10.1. The monoisotopic (exact) mass is 378 g/mol. The molecule has 9 heteroatoms.